The molecule has 0 radical (unpaired) electrons. The molecular weight excluding hydrogens is 227 g/mol. The third-order valence-corrected chi connectivity index (χ3v) is 2.53. The van der Waals surface area contributed by atoms with Crippen LogP contribution in [0.1, 0.15) is 5.56 Å². The predicted octanol–water partition coefficient (Wildman–Crippen LogP) is 0.477. The number of aryl methyl sites for hydroxylation is 1. The van der Waals surface area contributed by atoms with Crippen molar-refractivity contribution < 1.29 is 17.7 Å². The van der Waals surface area contributed by atoms with Gasteiger partial charge in [0.1, 0.15) is 5.75 Å². The van der Waals surface area contributed by atoms with Crippen LogP contribution in [-0.4, -0.2) is 55.4 Å². The Hall–Kier alpha value is -0.0700. The molecule has 0 aliphatic rings. The van der Waals surface area contributed by atoms with Crippen LogP contribution in [0.5, 0.6) is 5.75 Å². The number of hydrogen-bond acceptors (Lipinski definition) is 3. The molecule has 0 heterocycles. The van der Waals surface area contributed by atoms with Crippen LogP contribution in [-0.2, 0) is 16.5 Å². The summed E-state index contributed by atoms with van der Waals surface area (Å²) in [7, 11) is -2.31. The van der Waals surface area contributed by atoms with Gasteiger partial charge in [-0.25, -0.2) is 0 Å². The first-order chi connectivity index (χ1) is 6.51. The Bertz CT molecular complexity index is 385. The summed E-state index contributed by atoms with van der Waals surface area (Å²) in [6.45, 7) is 0. The third-order valence-electron chi connectivity index (χ3n) is 1.81. The third kappa shape index (κ3) is 6.17. The zero-order chi connectivity index (χ0) is 10.6. The number of methoxy groups -OCH3 is 1. The van der Waals surface area contributed by atoms with E-state index in [2.05, 4.69) is 0 Å². The Morgan fingerprint density at radius 3 is 2.20 bits per heavy atom. The molecule has 1 aromatic rings. The van der Waals surface area contributed by atoms with E-state index in [0.717, 1.165) is 11.3 Å². The first kappa shape index (κ1) is 14.9. The molecule has 0 aliphatic carbocycles. The Labute approximate surface area is 112 Å². The Morgan fingerprint density at radius 1 is 1.27 bits per heavy atom. The number of rotatable bonds is 4. The summed E-state index contributed by atoms with van der Waals surface area (Å²) in [5.74, 6) is 0.472. The molecule has 15 heavy (non-hydrogen) atoms. The van der Waals surface area contributed by atoms with Gasteiger partial charge >= 0.3 is 29.6 Å². The zero-order valence-corrected chi connectivity index (χ0v) is 8.62. The van der Waals surface area contributed by atoms with Gasteiger partial charge in [-0.1, -0.05) is 12.1 Å². The fraction of sp³-hybridized carbons (Fsp3) is 0.333. The molecule has 0 aromatic heterocycles. The fourth-order valence-electron chi connectivity index (χ4n) is 1.04. The fourth-order valence-corrected chi connectivity index (χ4v) is 1.53. The second kappa shape index (κ2) is 6.50. The number of hydrogen-bond donors (Lipinski definition) is 1. The summed E-state index contributed by atoms with van der Waals surface area (Å²) < 4.78 is 34.4. The van der Waals surface area contributed by atoms with Gasteiger partial charge in [-0.05, 0) is 24.1 Å². The molecule has 0 spiro atoms. The SMILES string of the molecule is COc1ccc(CCS(=O)(=O)O)cc1.[NaH]. The first-order valence-electron chi connectivity index (χ1n) is 4.09. The van der Waals surface area contributed by atoms with Gasteiger partial charge in [0.25, 0.3) is 10.1 Å². The van der Waals surface area contributed by atoms with Gasteiger partial charge in [0, 0.05) is 0 Å². The Kier molecular flexibility index (Phi) is 6.47. The summed E-state index contributed by atoms with van der Waals surface area (Å²) in [6, 6.07) is 7.03. The van der Waals surface area contributed by atoms with Crippen molar-refractivity contribution >= 4 is 39.7 Å². The molecule has 80 valence electrons. The molecule has 1 aromatic carbocycles. The van der Waals surface area contributed by atoms with Crippen molar-refractivity contribution in [2.24, 2.45) is 0 Å². The van der Waals surface area contributed by atoms with E-state index >= 15 is 0 Å². The molecule has 0 saturated heterocycles. The minimum atomic E-state index is -3.87. The van der Waals surface area contributed by atoms with Crippen LogP contribution in [0, 0.1) is 0 Å². The van der Waals surface area contributed by atoms with E-state index in [1.165, 1.54) is 0 Å². The van der Waals surface area contributed by atoms with Gasteiger partial charge in [0.15, 0.2) is 0 Å². The van der Waals surface area contributed by atoms with Crippen LogP contribution in [0.2, 0.25) is 0 Å². The molecule has 4 nitrogen and oxygen atoms in total. The average Bonchev–Trinajstić information content (AvgIpc) is 2.14. The van der Waals surface area contributed by atoms with E-state index in [1.807, 2.05) is 0 Å². The molecule has 0 amide bonds. The van der Waals surface area contributed by atoms with Crippen LogP contribution >= 0.6 is 0 Å². The van der Waals surface area contributed by atoms with Crippen LogP contribution in [0.15, 0.2) is 24.3 Å². The standard InChI is InChI=1S/C9H12O4S.Na.H/c1-13-9-4-2-8(3-5-9)6-7-14(10,11)12;;/h2-5H,6-7H2,1H3,(H,10,11,12);;. The van der Waals surface area contributed by atoms with E-state index in [4.69, 9.17) is 9.29 Å². The van der Waals surface area contributed by atoms with Gasteiger partial charge < -0.3 is 4.74 Å². The molecular formula is C9H13NaO4S. The second-order valence-corrected chi connectivity index (χ2v) is 4.46. The maximum atomic E-state index is 10.5. The molecule has 0 unspecified atom stereocenters. The summed E-state index contributed by atoms with van der Waals surface area (Å²) >= 11 is 0. The quantitative estimate of drug-likeness (QED) is 0.614. The van der Waals surface area contributed by atoms with Crippen LogP contribution in [0.4, 0.5) is 0 Å². The topological polar surface area (TPSA) is 63.6 Å². The van der Waals surface area contributed by atoms with Crippen LogP contribution < -0.4 is 4.74 Å². The zero-order valence-electron chi connectivity index (χ0n) is 7.80. The molecule has 1 rings (SSSR count). The number of ether oxygens (including phenoxy) is 1. The predicted molar refractivity (Wildman–Crippen MR) is 60.3 cm³/mol. The van der Waals surface area contributed by atoms with E-state index < -0.39 is 10.1 Å². The Balaban J connectivity index is 0.00000196. The molecule has 0 aliphatic heterocycles. The van der Waals surface area contributed by atoms with Crippen molar-refractivity contribution in [1.82, 2.24) is 0 Å². The average molecular weight is 240 g/mol. The Morgan fingerprint density at radius 2 is 1.80 bits per heavy atom. The van der Waals surface area contributed by atoms with Gasteiger partial charge in [0.2, 0.25) is 0 Å². The van der Waals surface area contributed by atoms with Gasteiger partial charge in [-0.3, -0.25) is 4.55 Å². The van der Waals surface area contributed by atoms with Crippen LogP contribution in [0.3, 0.4) is 0 Å². The summed E-state index contributed by atoms with van der Waals surface area (Å²) in [5.41, 5.74) is 0.850. The molecule has 0 bridgehead atoms. The van der Waals surface area contributed by atoms with E-state index in [1.54, 1.807) is 31.4 Å². The van der Waals surface area contributed by atoms with Gasteiger partial charge in [-0.2, -0.15) is 8.42 Å². The van der Waals surface area contributed by atoms with Crippen molar-refractivity contribution in [3.05, 3.63) is 29.8 Å². The molecule has 1 N–H and O–H groups in total. The second-order valence-electron chi connectivity index (χ2n) is 2.88. The van der Waals surface area contributed by atoms with Crippen molar-refractivity contribution in [1.29, 1.82) is 0 Å². The van der Waals surface area contributed by atoms with Crippen molar-refractivity contribution in [3.8, 4) is 5.75 Å². The number of benzene rings is 1. The van der Waals surface area contributed by atoms with Crippen molar-refractivity contribution in [2.45, 2.75) is 6.42 Å². The maximum absolute atomic E-state index is 10.5. The van der Waals surface area contributed by atoms with Crippen LogP contribution in [0.25, 0.3) is 0 Å². The molecule has 0 atom stereocenters. The summed E-state index contributed by atoms with van der Waals surface area (Å²) in [4.78, 5) is 0. The summed E-state index contributed by atoms with van der Waals surface area (Å²) in [6.07, 6.45) is 0.308. The normalized spacial score (nSPS) is 10.5. The van der Waals surface area contributed by atoms with E-state index in [0.29, 0.717) is 6.42 Å². The monoisotopic (exact) mass is 240 g/mol. The van der Waals surface area contributed by atoms with E-state index in [-0.39, 0.29) is 35.3 Å². The molecule has 0 saturated carbocycles. The van der Waals surface area contributed by atoms with E-state index in [9.17, 15) is 8.42 Å². The summed E-state index contributed by atoms with van der Waals surface area (Å²) in [5, 5.41) is 0. The van der Waals surface area contributed by atoms with Gasteiger partial charge in [-0.15, -0.1) is 0 Å². The van der Waals surface area contributed by atoms with Crippen molar-refractivity contribution in [3.63, 3.8) is 0 Å². The minimum absolute atomic E-state index is 0. The first-order valence-corrected chi connectivity index (χ1v) is 5.70. The van der Waals surface area contributed by atoms with Gasteiger partial charge in [0.05, 0.1) is 12.9 Å². The molecule has 6 heteroatoms. The molecule has 0 fully saturated rings. The van der Waals surface area contributed by atoms with Crippen molar-refractivity contribution in [2.75, 3.05) is 12.9 Å².